The first-order chi connectivity index (χ1) is 4.34. The molecule has 1 aromatic heterocycles. The van der Waals surface area contributed by atoms with E-state index >= 15 is 0 Å². The number of carbonyl (C=O) groups excluding carboxylic acids is 1. The van der Waals surface area contributed by atoms with Gasteiger partial charge in [-0.15, -0.1) is 12.4 Å². The maximum Gasteiger partial charge on any atom is 0.373 e. The number of methoxy groups -OCH3 is 1. The van der Waals surface area contributed by atoms with Gasteiger partial charge in [0.25, 0.3) is 0 Å². The van der Waals surface area contributed by atoms with Gasteiger partial charge in [-0.3, -0.25) is 0 Å². The van der Waals surface area contributed by atoms with E-state index in [9.17, 15) is 4.79 Å². The predicted octanol–water partition coefficient (Wildman–Crippen LogP) is 1.49. The molecule has 0 aliphatic rings. The molecule has 10 heavy (non-hydrogen) atoms. The zero-order valence-corrected chi connectivity index (χ0v) is 6.18. The van der Waals surface area contributed by atoms with E-state index < -0.39 is 5.97 Å². The fraction of sp³-hybridized carbons (Fsp3) is 0.167. The molecule has 0 fully saturated rings. The average Bonchev–Trinajstić information content (AvgIpc) is 2.37. The minimum absolute atomic E-state index is 0. The molecule has 0 N–H and O–H groups in total. The van der Waals surface area contributed by atoms with Crippen LogP contribution in [0.25, 0.3) is 0 Å². The van der Waals surface area contributed by atoms with E-state index in [4.69, 9.17) is 4.42 Å². The Hall–Kier alpha value is -0.960. The average molecular weight is 163 g/mol. The summed E-state index contributed by atoms with van der Waals surface area (Å²) in [4.78, 5) is 10.6. The summed E-state index contributed by atoms with van der Waals surface area (Å²) in [5.74, 6) is -0.211. The zero-order chi connectivity index (χ0) is 6.69. The molecule has 0 unspecified atom stereocenters. The van der Waals surface area contributed by atoms with E-state index in [1.807, 2.05) is 0 Å². The Bertz CT molecular complexity index is 193. The molecule has 0 radical (unpaired) electrons. The van der Waals surface area contributed by atoms with Gasteiger partial charge in [-0.25, -0.2) is 4.79 Å². The number of esters is 1. The monoisotopic (exact) mass is 162 g/mol. The molecular formula is C6H7ClO3. The second-order valence-electron chi connectivity index (χ2n) is 1.47. The summed E-state index contributed by atoms with van der Waals surface area (Å²) < 4.78 is 9.07. The standard InChI is InChI=1S/C6H6O3.ClH/c1-8-6(7)5-3-2-4-9-5;/h2-4H,1H3;1H. The first-order valence-electron chi connectivity index (χ1n) is 2.46. The van der Waals surface area contributed by atoms with E-state index in [0.717, 1.165) is 0 Å². The number of carbonyl (C=O) groups is 1. The zero-order valence-electron chi connectivity index (χ0n) is 5.37. The Kier molecular flexibility index (Phi) is 3.57. The summed E-state index contributed by atoms with van der Waals surface area (Å²) in [7, 11) is 1.31. The Balaban J connectivity index is 0.000000810. The van der Waals surface area contributed by atoms with Crippen LogP contribution in [0.3, 0.4) is 0 Å². The van der Waals surface area contributed by atoms with E-state index in [1.54, 1.807) is 12.1 Å². The normalized spacial score (nSPS) is 8.10. The number of halogens is 1. The van der Waals surface area contributed by atoms with Gasteiger partial charge >= 0.3 is 5.97 Å². The van der Waals surface area contributed by atoms with Crippen molar-refractivity contribution in [1.29, 1.82) is 0 Å². The molecule has 56 valence electrons. The van der Waals surface area contributed by atoms with E-state index in [1.165, 1.54) is 13.4 Å². The molecule has 0 amide bonds. The fourth-order valence-corrected chi connectivity index (χ4v) is 0.495. The Morgan fingerprint density at radius 3 is 2.80 bits per heavy atom. The molecule has 4 heteroatoms. The third kappa shape index (κ3) is 1.77. The highest BCUT2D eigenvalue weighted by molar-refractivity contribution is 5.86. The van der Waals surface area contributed by atoms with Crippen LogP contribution in [-0.2, 0) is 4.74 Å². The van der Waals surface area contributed by atoms with Gasteiger partial charge in [0.1, 0.15) is 0 Å². The molecule has 0 bridgehead atoms. The lowest BCUT2D eigenvalue weighted by molar-refractivity contribution is 0.0565. The third-order valence-corrected chi connectivity index (χ3v) is 0.908. The minimum Gasteiger partial charge on any atom is -0.463 e. The van der Waals surface area contributed by atoms with Gasteiger partial charge in [-0.1, -0.05) is 0 Å². The maximum atomic E-state index is 10.6. The smallest absolute Gasteiger partial charge is 0.373 e. The highest BCUT2D eigenvalue weighted by Crippen LogP contribution is 2.00. The van der Waals surface area contributed by atoms with E-state index in [-0.39, 0.29) is 18.2 Å². The summed E-state index contributed by atoms with van der Waals surface area (Å²) in [5.41, 5.74) is 0. The van der Waals surface area contributed by atoms with Crippen LogP contribution in [0, 0.1) is 0 Å². The molecule has 0 atom stereocenters. The maximum absolute atomic E-state index is 10.6. The van der Waals surface area contributed by atoms with Crippen molar-refractivity contribution >= 4 is 18.4 Å². The molecule has 1 rings (SSSR count). The molecule has 0 aliphatic carbocycles. The van der Waals surface area contributed by atoms with Crippen LogP contribution < -0.4 is 0 Å². The van der Waals surface area contributed by atoms with Crippen molar-refractivity contribution in [3.63, 3.8) is 0 Å². The van der Waals surface area contributed by atoms with E-state index in [2.05, 4.69) is 4.74 Å². The van der Waals surface area contributed by atoms with Gasteiger partial charge in [0.2, 0.25) is 5.76 Å². The van der Waals surface area contributed by atoms with Gasteiger partial charge in [0.15, 0.2) is 0 Å². The van der Waals surface area contributed by atoms with Crippen molar-refractivity contribution in [3.8, 4) is 0 Å². The van der Waals surface area contributed by atoms with Crippen molar-refractivity contribution in [3.05, 3.63) is 24.2 Å². The van der Waals surface area contributed by atoms with Crippen LogP contribution in [-0.4, -0.2) is 13.1 Å². The molecule has 0 saturated heterocycles. The Morgan fingerprint density at radius 2 is 2.40 bits per heavy atom. The highest BCUT2D eigenvalue weighted by Gasteiger charge is 2.05. The van der Waals surface area contributed by atoms with Crippen molar-refractivity contribution in [2.24, 2.45) is 0 Å². The second kappa shape index (κ2) is 3.95. The van der Waals surface area contributed by atoms with Crippen molar-refractivity contribution < 1.29 is 13.9 Å². The number of hydrogen-bond acceptors (Lipinski definition) is 3. The van der Waals surface area contributed by atoms with Gasteiger partial charge in [0.05, 0.1) is 13.4 Å². The predicted molar refractivity (Wildman–Crippen MR) is 37.3 cm³/mol. The molecule has 3 nitrogen and oxygen atoms in total. The molecule has 1 heterocycles. The quantitative estimate of drug-likeness (QED) is 0.588. The SMILES string of the molecule is COC(=O)c1ccco1.Cl. The molecule has 0 aromatic carbocycles. The Morgan fingerprint density at radius 1 is 1.70 bits per heavy atom. The summed E-state index contributed by atoms with van der Waals surface area (Å²) in [5, 5.41) is 0. The van der Waals surface area contributed by atoms with Gasteiger partial charge in [-0.05, 0) is 12.1 Å². The summed E-state index contributed by atoms with van der Waals surface area (Å²) in [6, 6.07) is 3.18. The number of ether oxygens (including phenoxy) is 1. The summed E-state index contributed by atoms with van der Waals surface area (Å²) in [6.45, 7) is 0. The number of hydrogen-bond donors (Lipinski definition) is 0. The van der Waals surface area contributed by atoms with Crippen LogP contribution in [0.15, 0.2) is 22.8 Å². The lowest BCUT2D eigenvalue weighted by atomic mass is 10.5. The topological polar surface area (TPSA) is 39.4 Å². The number of furan rings is 1. The fourth-order valence-electron chi connectivity index (χ4n) is 0.495. The van der Waals surface area contributed by atoms with Gasteiger partial charge < -0.3 is 9.15 Å². The molecule has 0 spiro atoms. The van der Waals surface area contributed by atoms with Crippen LogP contribution in [0.5, 0.6) is 0 Å². The minimum atomic E-state index is -0.444. The molecule has 0 aliphatic heterocycles. The van der Waals surface area contributed by atoms with Gasteiger partial charge in [-0.2, -0.15) is 0 Å². The third-order valence-electron chi connectivity index (χ3n) is 0.908. The van der Waals surface area contributed by atoms with Crippen molar-refractivity contribution in [2.45, 2.75) is 0 Å². The lowest BCUT2D eigenvalue weighted by Gasteiger charge is -1.89. The largest absolute Gasteiger partial charge is 0.463 e. The molecular weight excluding hydrogens is 156 g/mol. The van der Waals surface area contributed by atoms with E-state index in [0.29, 0.717) is 0 Å². The number of rotatable bonds is 1. The van der Waals surface area contributed by atoms with Crippen LogP contribution in [0.4, 0.5) is 0 Å². The van der Waals surface area contributed by atoms with Crippen molar-refractivity contribution in [1.82, 2.24) is 0 Å². The lowest BCUT2D eigenvalue weighted by Crippen LogP contribution is -1.97. The Labute approximate surface area is 64.4 Å². The van der Waals surface area contributed by atoms with Gasteiger partial charge in [0, 0.05) is 0 Å². The van der Waals surface area contributed by atoms with Crippen molar-refractivity contribution in [2.75, 3.05) is 7.11 Å². The first-order valence-corrected chi connectivity index (χ1v) is 2.46. The summed E-state index contributed by atoms with van der Waals surface area (Å²) >= 11 is 0. The first kappa shape index (κ1) is 9.04. The molecule has 1 aromatic rings. The van der Waals surface area contributed by atoms with Crippen LogP contribution in [0.2, 0.25) is 0 Å². The summed E-state index contributed by atoms with van der Waals surface area (Å²) in [6.07, 6.45) is 1.42. The van der Waals surface area contributed by atoms with Crippen LogP contribution >= 0.6 is 12.4 Å². The molecule has 0 saturated carbocycles. The van der Waals surface area contributed by atoms with Crippen LogP contribution in [0.1, 0.15) is 10.6 Å². The second-order valence-corrected chi connectivity index (χ2v) is 1.47. The highest BCUT2D eigenvalue weighted by atomic mass is 35.5.